The number of nitrogens with zero attached hydrogens (tertiary/aromatic N) is 1. The summed E-state index contributed by atoms with van der Waals surface area (Å²) in [6.07, 6.45) is 3.22. The molecule has 0 heterocycles. The molecular formula is C10H10N2. The number of rotatable bonds is 2. The van der Waals surface area contributed by atoms with Gasteiger partial charge in [-0.1, -0.05) is 24.3 Å². The summed E-state index contributed by atoms with van der Waals surface area (Å²) in [4.78, 5) is 0. The van der Waals surface area contributed by atoms with E-state index in [1.807, 2.05) is 30.3 Å². The third kappa shape index (κ3) is 1.94. The Morgan fingerprint density at radius 3 is 2.83 bits per heavy atom. The van der Waals surface area contributed by atoms with Gasteiger partial charge in [0.2, 0.25) is 0 Å². The zero-order chi connectivity index (χ0) is 8.81. The molecule has 0 aliphatic carbocycles. The second-order valence-electron chi connectivity index (χ2n) is 2.37. The fraction of sp³-hybridized carbons (Fsp3) is 0.100. The lowest BCUT2D eigenvalue weighted by atomic mass is 10.1. The summed E-state index contributed by atoms with van der Waals surface area (Å²) >= 11 is 0. The van der Waals surface area contributed by atoms with E-state index in [-0.39, 0.29) is 0 Å². The Labute approximate surface area is 71.9 Å². The van der Waals surface area contributed by atoms with Crippen molar-refractivity contribution in [2.45, 2.75) is 6.54 Å². The number of benzene rings is 1. The summed E-state index contributed by atoms with van der Waals surface area (Å²) in [5, 5.41) is 8.32. The van der Waals surface area contributed by atoms with Crippen LogP contribution >= 0.6 is 0 Å². The molecule has 0 aliphatic rings. The molecule has 0 aliphatic heterocycles. The summed E-state index contributed by atoms with van der Waals surface area (Å²) < 4.78 is 0. The van der Waals surface area contributed by atoms with Gasteiger partial charge in [0.15, 0.2) is 0 Å². The van der Waals surface area contributed by atoms with Crippen molar-refractivity contribution >= 4 is 6.08 Å². The van der Waals surface area contributed by atoms with Crippen LogP contribution in [0.2, 0.25) is 0 Å². The van der Waals surface area contributed by atoms with Crippen molar-refractivity contribution in [2.24, 2.45) is 5.73 Å². The lowest BCUT2D eigenvalue weighted by Crippen LogP contribution is -1.97. The van der Waals surface area contributed by atoms with Crippen LogP contribution in [0.15, 0.2) is 30.3 Å². The number of allylic oxidation sites excluding steroid dienone is 1. The van der Waals surface area contributed by atoms with Crippen LogP contribution in [0.25, 0.3) is 6.08 Å². The Morgan fingerprint density at radius 1 is 1.42 bits per heavy atom. The minimum Gasteiger partial charge on any atom is -0.326 e. The van der Waals surface area contributed by atoms with Crippen LogP contribution in [0.3, 0.4) is 0 Å². The molecule has 0 aromatic heterocycles. The van der Waals surface area contributed by atoms with Crippen LogP contribution < -0.4 is 5.73 Å². The Morgan fingerprint density at radius 2 is 2.17 bits per heavy atom. The lowest BCUT2D eigenvalue weighted by Gasteiger charge is -2.00. The summed E-state index contributed by atoms with van der Waals surface area (Å²) in [5.74, 6) is 0. The summed E-state index contributed by atoms with van der Waals surface area (Å²) in [7, 11) is 0. The maximum absolute atomic E-state index is 8.32. The first-order valence-electron chi connectivity index (χ1n) is 3.72. The highest BCUT2D eigenvalue weighted by Crippen LogP contribution is 2.09. The molecule has 2 heteroatoms. The van der Waals surface area contributed by atoms with E-state index in [1.54, 1.807) is 6.08 Å². The predicted molar refractivity (Wildman–Crippen MR) is 49.0 cm³/mol. The van der Waals surface area contributed by atoms with Crippen molar-refractivity contribution in [3.05, 3.63) is 41.5 Å². The monoisotopic (exact) mass is 158 g/mol. The Kier molecular flexibility index (Phi) is 3.06. The highest BCUT2D eigenvalue weighted by molar-refractivity contribution is 5.55. The van der Waals surface area contributed by atoms with Gasteiger partial charge in [-0.05, 0) is 17.2 Å². The SMILES string of the molecule is N#CC=Cc1ccccc1CN. The normalized spacial score (nSPS) is 10.0. The van der Waals surface area contributed by atoms with Crippen molar-refractivity contribution in [1.82, 2.24) is 0 Å². The molecule has 0 fully saturated rings. The zero-order valence-electron chi connectivity index (χ0n) is 6.70. The van der Waals surface area contributed by atoms with Crippen LogP contribution in [0.1, 0.15) is 11.1 Å². The molecule has 60 valence electrons. The van der Waals surface area contributed by atoms with Gasteiger partial charge in [-0.15, -0.1) is 0 Å². The second-order valence-corrected chi connectivity index (χ2v) is 2.37. The number of hydrogen-bond acceptors (Lipinski definition) is 2. The standard InChI is InChI=1S/C10H10N2/c11-7-3-6-9-4-1-2-5-10(9)8-12/h1-6H,8,12H2. The molecule has 1 rings (SSSR count). The fourth-order valence-electron chi connectivity index (χ4n) is 1.01. The largest absolute Gasteiger partial charge is 0.326 e. The molecule has 0 unspecified atom stereocenters. The highest BCUT2D eigenvalue weighted by atomic mass is 14.5. The van der Waals surface area contributed by atoms with Crippen molar-refractivity contribution in [3.63, 3.8) is 0 Å². The van der Waals surface area contributed by atoms with Gasteiger partial charge in [0, 0.05) is 12.6 Å². The molecule has 0 spiro atoms. The van der Waals surface area contributed by atoms with E-state index in [0.29, 0.717) is 6.54 Å². The third-order valence-electron chi connectivity index (χ3n) is 1.61. The van der Waals surface area contributed by atoms with Crippen LogP contribution in [0, 0.1) is 11.3 Å². The molecule has 0 saturated carbocycles. The molecule has 2 nitrogen and oxygen atoms in total. The molecule has 0 bridgehead atoms. The first-order valence-corrected chi connectivity index (χ1v) is 3.72. The first-order chi connectivity index (χ1) is 5.88. The summed E-state index contributed by atoms with van der Waals surface area (Å²) in [5.41, 5.74) is 7.58. The van der Waals surface area contributed by atoms with E-state index in [0.717, 1.165) is 11.1 Å². The second kappa shape index (κ2) is 4.32. The van der Waals surface area contributed by atoms with Gasteiger partial charge in [0.1, 0.15) is 0 Å². The van der Waals surface area contributed by atoms with Gasteiger partial charge in [-0.25, -0.2) is 0 Å². The quantitative estimate of drug-likeness (QED) is 0.666. The Bertz CT molecular complexity index is 321. The van der Waals surface area contributed by atoms with Crippen LogP contribution in [0.4, 0.5) is 0 Å². The predicted octanol–water partition coefficient (Wildman–Crippen LogP) is 1.68. The summed E-state index contributed by atoms with van der Waals surface area (Å²) in [6.45, 7) is 0.506. The Hall–Kier alpha value is -1.59. The van der Waals surface area contributed by atoms with E-state index in [2.05, 4.69) is 0 Å². The molecule has 12 heavy (non-hydrogen) atoms. The molecule has 0 atom stereocenters. The molecule has 1 aromatic rings. The molecular weight excluding hydrogens is 148 g/mol. The van der Waals surface area contributed by atoms with Gasteiger partial charge in [-0.3, -0.25) is 0 Å². The summed E-state index contributed by atoms with van der Waals surface area (Å²) in [6, 6.07) is 9.71. The van der Waals surface area contributed by atoms with Gasteiger partial charge < -0.3 is 5.73 Å². The van der Waals surface area contributed by atoms with Crippen molar-refractivity contribution in [1.29, 1.82) is 5.26 Å². The van der Waals surface area contributed by atoms with E-state index < -0.39 is 0 Å². The van der Waals surface area contributed by atoms with Gasteiger partial charge in [0.25, 0.3) is 0 Å². The topological polar surface area (TPSA) is 49.8 Å². The molecule has 0 saturated heterocycles. The number of hydrogen-bond donors (Lipinski definition) is 1. The molecule has 0 radical (unpaired) electrons. The van der Waals surface area contributed by atoms with Crippen molar-refractivity contribution in [3.8, 4) is 6.07 Å². The van der Waals surface area contributed by atoms with Crippen molar-refractivity contribution < 1.29 is 0 Å². The van der Waals surface area contributed by atoms with E-state index in [9.17, 15) is 0 Å². The van der Waals surface area contributed by atoms with Gasteiger partial charge in [-0.2, -0.15) is 5.26 Å². The first kappa shape index (κ1) is 8.51. The van der Waals surface area contributed by atoms with Crippen LogP contribution in [-0.2, 0) is 6.54 Å². The highest BCUT2D eigenvalue weighted by Gasteiger charge is 1.93. The average Bonchev–Trinajstić information content (AvgIpc) is 2.15. The minimum absolute atomic E-state index is 0.506. The van der Waals surface area contributed by atoms with Gasteiger partial charge in [0.05, 0.1) is 6.07 Å². The maximum atomic E-state index is 8.32. The third-order valence-corrected chi connectivity index (χ3v) is 1.61. The number of nitrogens with two attached hydrogens (primary N) is 1. The average molecular weight is 158 g/mol. The lowest BCUT2D eigenvalue weighted by molar-refractivity contribution is 1.07. The Balaban J connectivity index is 2.99. The van der Waals surface area contributed by atoms with E-state index >= 15 is 0 Å². The maximum Gasteiger partial charge on any atom is 0.0912 e. The fourth-order valence-corrected chi connectivity index (χ4v) is 1.01. The molecule has 1 aromatic carbocycles. The molecule has 0 amide bonds. The van der Waals surface area contributed by atoms with Crippen LogP contribution in [0.5, 0.6) is 0 Å². The van der Waals surface area contributed by atoms with Crippen LogP contribution in [-0.4, -0.2) is 0 Å². The number of nitriles is 1. The van der Waals surface area contributed by atoms with E-state index in [4.69, 9.17) is 11.0 Å². The van der Waals surface area contributed by atoms with Gasteiger partial charge >= 0.3 is 0 Å². The van der Waals surface area contributed by atoms with Crippen molar-refractivity contribution in [2.75, 3.05) is 0 Å². The zero-order valence-corrected chi connectivity index (χ0v) is 6.70. The smallest absolute Gasteiger partial charge is 0.0912 e. The molecule has 2 N–H and O–H groups in total. The van der Waals surface area contributed by atoms with E-state index in [1.165, 1.54) is 6.08 Å². The minimum atomic E-state index is 0.506.